The van der Waals surface area contributed by atoms with Crippen LogP contribution in [0.1, 0.15) is 18.1 Å². The lowest BCUT2D eigenvalue weighted by molar-refractivity contribution is 1.09. The molecular formula is C18H17BrN2. The third-order valence-corrected chi connectivity index (χ3v) is 4.34. The van der Waals surface area contributed by atoms with Crippen LogP contribution in [0.3, 0.4) is 0 Å². The molecule has 1 heterocycles. The Morgan fingerprint density at radius 1 is 0.952 bits per heavy atom. The van der Waals surface area contributed by atoms with E-state index in [1.165, 1.54) is 16.5 Å². The molecule has 0 atom stereocenters. The third kappa shape index (κ3) is 3.08. The van der Waals surface area contributed by atoms with E-state index in [4.69, 9.17) is 0 Å². The van der Waals surface area contributed by atoms with Crippen LogP contribution >= 0.6 is 15.9 Å². The van der Waals surface area contributed by atoms with Crippen molar-refractivity contribution < 1.29 is 0 Å². The maximum Gasteiger partial charge on any atom is 0.134 e. The van der Waals surface area contributed by atoms with Gasteiger partial charge in [0.15, 0.2) is 0 Å². The summed E-state index contributed by atoms with van der Waals surface area (Å²) in [7, 11) is 0. The van der Waals surface area contributed by atoms with Crippen molar-refractivity contribution in [3.05, 3.63) is 70.3 Å². The van der Waals surface area contributed by atoms with E-state index in [0.29, 0.717) is 0 Å². The molecule has 2 aromatic carbocycles. The monoisotopic (exact) mass is 340 g/mol. The molecule has 1 N–H and O–H groups in total. The quantitative estimate of drug-likeness (QED) is 0.708. The first-order valence-corrected chi connectivity index (χ1v) is 7.92. The molecule has 0 radical (unpaired) electrons. The molecule has 0 aliphatic heterocycles. The average Bonchev–Trinajstić information content (AvgIpc) is 2.54. The summed E-state index contributed by atoms with van der Waals surface area (Å²) in [4.78, 5) is 4.46. The SMILES string of the molecule is CCc1ccc(CNc2nccc3c(Br)cccc23)cc1. The molecule has 0 fully saturated rings. The van der Waals surface area contributed by atoms with Gasteiger partial charge in [0.2, 0.25) is 0 Å². The summed E-state index contributed by atoms with van der Waals surface area (Å²) in [6.45, 7) is 2.95. The van der Waals surface area contributed by atoms with Crippen LogP contribution in [0, 0.1) is 0 Å². The first-order valence-electron chi connectivity index (χ1n) is 7.13. The zero-order valence-corrected chi connectivity index (χ0v) is 13.5. The highest BCUT2D eigenvalue weighted by Crippen LogP contribution is 2.27. The Morgan fingerprint density at radius 2 is 1.71 bits per heavy atom. The van der Waals surface area contributed by atoms with E-state index < -0.39 is 0 Å². The molecule has 3 aromatic rings. The highest BCUT2D eigenvalue weighted by molar-refractivity contribution is 9.10. The number of fused-ring (bicyclic) bond motifs is 1. The standard InChI is InChI=1S/C18H17BrN2/c1-2-13-6-8-14(9-7-13)12-21-18-16-4-3-5-17(19)15(16)10-11-20-18/h3-11H,2,12H2,1H3,(H,20,21). The highest BCUT2D eigenvalue weighted by atomic mass is 79.9. The minimum atomic E-state index is 0.780. The number of halogens is 1. The van der Waals surface area contributed by atoms with Gasteiger partial charge < -0.3 is 5.32 Å². The molecule has 0 saturated carbocycles. The summed E-state index contributed by atoms with van der Waals surface area (Å²) < 4.78 is 1.10. The minimum Gasteiger partial charge on any atom is -0.365 e. The Bertz CT molecular complexity index is 751. The molecule has 0 saturated heterocycles. The van der Waals surface area contributed by atoms with Crippen molar-refractivity contribution in [2.24, 2.45) is 0 Å². The van der Waals surface area contributed by atoms with E-state index in [9.17, 15) is 0 Å². The number of nitrogens with one attached hydrogen (secondary N) is 1. The number of rotatable bonds is 4. The lowest BCUT2D eigenvalue weighted by Crippen LogP contribution is -2.02. The van der Waals surface area contributed by atoms with Gasteiger partial charge in [0, 0.05) is 28.0 Å². The lowest BCUT2D eigenvalue weighted by Gasteiger charge is -2.10. The number of anilines is 1. The minimum absolute atomic E-state index is 0.780. The van der Waals surface area contributed by atoms with Gasteiger partial charge in [-0.05, 0) is 29.7 Å². The van der Waals surface area contributed by atoms with Crippen molar-refractivity contribution in [2.75, 3.05) is 5.32 Å². The number of aryl methyl sites for hydroxylation is 1. The van der Waals surface area contributed by atoms with Crippen molar-refractivity contribution in [3.8, 4) is 0 Å². The van der Waals surface area contributed by atoms with E-state index in [-0.39, 0.29) is 0 Å². The first kappa shape index (κ1) is 14.1. The predicted octanol–water partition coefficient (Wildman–Crippen LogP) is 5.17. The molecule has 3 rings (SSSR count). The van der Waals surface area contributed by atoms with Gasteiger partial charge in [0.1, 0.15) is 5.82 Å². The third-order valence-electron chi connectivity index (χ3n) is 3.64. The van der Waals surface area contributed by atoms with Gasteiger partial charge in [-0.3, -0.25) is 0 Å². The van der Waals surface area contributed by atoms with Crippen LogP contribution in [0.15, 0.2) is 59.2 Å². The van der Waals surface area contributed by atoms with E-state index in [1.807, 2.05) is 18.3 Å². The molecule has 0 aliphatic carbocycles. The summed E-state index contributed by atoms with van der Waals surface area (Å²) in [5.41, 5.74) is 2.63. The molecule has 0 bridgehead atoms. The molecule has 1 aromatic heterocycles. The highest BCUT2D eigenvalue weighted by Gasteiger charge is 2.04. The Morgan fingerprint density at radius 3 is 2.48 bits per heavy atom. The second kappa shape index (κ2) is 6.27. The topological polar surface area (TPSA) is 24.9 Å². The van der Waals surface area contributed by atoms with Crippen molar-refractivity contribution in [1.82, 2.24) is 4.98 Å². The molecule has 0 unspecified atom stereocenters. The fraction of sp³-hybridized carbons (Fsp3) is 0.167. The fourth-order valence-electron chi connectivity index (χ4n) is 2.39. The fourth-order valence-corrected chi connectivity index (χ4v) is 2.89. The number of nitrogens with zero attached hydrogens (tertiary/aromatic N) is 1. The van der Waals surface area contributed by atoms with Crippen LogP contribution in [0.25, 0.3) is 10.8 Å². The molecule has 0 spiro atoms. The van der Waals surface area contributed by atoms with Crippen LogP contribution in [-0.2, 0) is 13.0 Å². The molecule has 0 amide bonds. The van der Waals surface area contributed by atoms with Crippen LogP contribution < -0.4 is 5.32 Å². The van der Waals surface area contributed by atoms with Gasteiger partial charge in [-0.25, -0.2) is 4.98 Å². The summed E-state index contributed by atoms with van der Waals surface area (Å²) in [6, 6.07) is 16.9. The Kier molecular flexibility index (Phi) is 4.20. The molecular weight excluding hydrogens is 324 g/mol. The van der Waals surface area contributed by atoms with Gasteiger partial charge in [0.05, 0.1) is 0 Å². The van der Waals surface area contributed by atoms with Gasteiger partial charge in [-0.2, -0.15) is 0 Å². The maximum absolute atomic E-state index is 4.46. The average molecular weight is 341 g/mol. The summed E-state index contributed by atoms with van der Waals surface area (Å²) in [6.07, 6.45) is 2.92. The molecule has 2 nitrogen and oxygen atoms in total. The van der Waals surface area contributed by atoms with Crippen molar-refractivity contribution in [2.45, 2.75) is 19.9 Å². The predicted molar refractivity (Wildman–Crippen MR) is 92.6 cm³/mol. The summed E-state index contributed by atoms with van der Waals surface area (Å²) in [5.74, 6) is 0.924. The zero-order chi connectivity index (χ0) is 14.7. The van der Waals surface area contributed by atoms with E-state index in [0.717, 1.165) is 28.6 Å². The molecule has 21 heavy (non-hydrogen) atoms. The van der Waals surface area contributed by atoms with Crippen LogP contribution in [0.5, 0.6) is 0 Å². The van der Waals surface area contributed by atoms with Crippen molar-refractivity contribution in [1.29, 1.82) is 0 Å². The first-order chi connectivity index (χ1) is 10.3. The van der Waals surface area contributed by atoms with Gasteiger partial charge >= 0.3 is 0 Å². The van der Waals surface area contributed by atoms with Crippen molar-refractivity contribution in [3.63, 3.8) is 0 Å². The van der Waals surface area contributed by atoms with E-state index in [1.54, 1.807) is 0 Å². The Labute approximate surface area is 133 Å². The second-order valence-electron chi connectivity index (χ2n) is 5.02. The summed E-state index contributed by atoms with van der Waals surface area (Å²) in [5, 5.41) is 5.75. The van der Waals surface area contributed by atoms with Gasteiger partial charge in [0.25, 0.3) is 0 Å². The van der Waals surface area contributed by atoms with Gasteiger partial charge in [-0.15, -0.1) is 0 Å². The molecule has 0 aliphatic rings. The number of aromatic nitrogens is 1. The number of hydrogen-bond donors (Lipinski definition) is 1. The van der Waals surface area contributed by atoms with Crippen LogP contribution in [0.2, 0.25) is 0 Å². The van der Waals surface area contributed by atoms with Crippen LogP contribution in [0.4, 0.5) is 5.82 Å². The largest absolute Gasteiger partial charge is 0.365 e. The van der Waals surface area contributed by atoms with Crippen molar-refractivity contribution >= 4 is 32.5 Å². The number of hydrogen-bond acceptors (Lipinski definition) is 2. The normalized spacial score (nSPS) is 10.8. The Hall–Kier alpha value is -1.87. The second-order valence-corrected chi connectivity index (χ2v) is 5.87. The Balaban J connectivity index is 1.83. The molecule has 3 heteroatoms. The number of pyridine rings is 1. The lowest BCUT2D eigenvalue weighted by atomic mass is 10.1. The van der Waals surface area contributed by atoms with E-state index >= 15 is 0 Å². The van der Waals surface area contributed by atoms with Crippen LogP contribution in [-0.4, -0.2) is 4.98 Å². The maximum atomic E-state index is 4.46. The van der Waals surface area contributed by atoms with Gasteiger partial charge in [-0.1, -0.05) is 59.3 Å². The number of benzene rings is 2. The van der Waals surface area contributed by atoms with E-state index in [2.05, 4.69) is 69.6 Å². The zero-order valence-electron chi connectivity index (χ0n) is 11.9. The summed E-state index contributed by atoms with van der Waals surface area (Å²) >= 11 is 3.59. The molecule has 106 valence electrons. The smallest absolute Gasteiger partial charge is 0.134 e.